The van der Waals surface area contributed by atoms with Crippen LogP contribution in [-0.4, -0.2) is 20.2 Å². The summed E-state index contributed by atoms with van der Waals surface area (Å²) in [6.07, 6.45) is 2.88. The van der Waals surface area contributed by atoms with E-state index in [0.717, 1.165) is 0 Å². The first kappa shape index (κ1) is 13.6. The van der Waals surface area contributed by atoms with Gasteiger partial charge in [-0.25, -0.2) is 0 Å². The second-order valence-corrected chi connectivity index (χ2v) is 4.27. The van der Waals surface area contributed by atoms with Gasteiger partial charge in [0.05, 0.1) is 5.69 Å². The van der Waals surface area contributed by atoms with Crippen molar-refractivity contribution in [3.63, 3.8) is 0 Å². The summed E-state index contributed by atoms with van der Waals surface area (Å²) in [4.78, 5) is 16.5. The van der Waals surface area contributed by atoms with E-state index in [1.165, 1.54) is 18.2 Å². The maximum absolute atomic E-state index is 11.5. The molecule has 0 fully saturated rings. The minimum Gasteiger partial charge on any atom is -0.504 e. The van der Waals surface area contributed by atoms with Gasteiger partial charge in [-0.15, -0.1) is 0 Å². The van der Waals surface area contributed by atoms with Crippen molar-refractivity contribution in [2.45, 2.75) is 0 Å². The van der Waals surface area contributed by atoms with E-state index in [2.05, 4.69) is 9.97 Å². The molecule has 1 aromatic heterocycles. The smallest absolute Gasteiger partial charge is 0.270 e. The molecule has 1 aromatic carbocycles. The minimum absolute atomic E-state index is 0.0915. The van der Waals surface area contributed by atoms with Crippen LogP contribution in [0.4, 0.5) is 0 Å². The van der Waals surface area contributed by atoms with E-state index < -0.39 is 5.56 Å². The number of hydrogen-bond acceptors (Lipinski definition) is 5. The molecular weight excluding hydrogens is 278 g/mol. The van der Waals surface area contributed by atoms with Crippen molar-refractivity contribution in [3.05, 3.63) is 50.1 Å². The second-order valence-electron chi connectivity index (χ2n) is 3.86. The summed E-state index contributed by atoms with van der Waals surface area (Å²) in [5, 5.41) is 28.0. The predicted octanol–water partition coefficient (Wildman–Crippen LogP) is 1.89. The SMILES string of the molecule is N#Cc1c(C=Cc2cccc(O)c2O)[nH]c(=S)[nH]c1=O. The zero-order valence-corrected chi connectivity index (χ0v) is 10.9. The molecule has 2 aromatic rings. The van der Waals surface area contributed by atoms with Gasteiger partial charge < -0.3 is 15.2 Å². The molecule has 100 valence electrons. The first-order valence-electron chi connectivity index (χ1n) is 5.48. The van der Waals surface area contributed by atoms with Crippen LogP contribution < -0.4 is 5.56 Å². The molecule has 0 amide bonds. The summed E-state index contributed by atoms with van der Waals surface area (Å²) in [7, 11) is 0. The second kappa shape index (κ2) is 5.42. The molecule has 0 aliphatic carbocycles. The maximum atomic E-state index is 11.5. The van der Waals surface area contributed by atoms with Gasteiger partial charge in [0.2, 0.25) is 0 Å². The van der Waals surface area contributed by atoms with Gasteiger partial charge in [0.1, 0.15) is 11.6 Å². The highest BCUT2D eigenvalue weighted by molar-refractivity contribution is 7.71. The van der Waals surface area contributed by atoms with Crippen molar-refractivity contribution >= 4 is 24.4 Å². The monoisotopic (exact) mass is 287 g/mol. The number of aromatic amines is 2. The fourth-order valence-corrected chi connectivity index (χ4v) is 1.80. The molecule has 20 heavy (non-hydrogen) atoms. The molecule has 0 saturated carbocycles. The standard InChI is InChI=1S/C13H9N3O3S/c14-6-8-9(15-13(20)16-12(8)19)5-4-7-2-1-3-10(17)11(7)18/h1-5,17-18H,(H2,15,16,19,20). The van der Waals surface area contributed by atoms with Gasteiger partial charge in [0, 0.05) is 5.56 Å². The number of phenolic OH excluding ortho intramolecular Hbond substituents is 2. The lowest BCUT2D eigenvalue weighted by Gasteiger charge is -2.01. The van der Waals surface area contributed by atoms with Crippen molar-refractivity contribution in [2.24, 2.45) is 0 Å². The third-order valence-corrected chi connectivity index (χ3v) is 2.76. The molecule has 4 N–H and O–H groups in total. The molecule has 6 nitrogen and oxygen atoms in total. The Morgan fingerprint density at radius 2 is 2.00 bits per heavy atom. The number of nitrogens with one attached hydrogen (secondary N) is 2. The van der Waals surface area contributed by atoms with Crippen LogP contribution in [0.25, 0.3) is 12.2 Å². The summed E-state index contributed by atoms with van der Waals surface area (Å²) in [5.41, 5.74) is -0.136. The largest absolute Gasteiger partial charge is 0.504 e. The number of phenols is 2. The average Bonchev–Trinajstić information content (AvgIpc) is 2.40. The first-order chi connectivity index (χ1) is 9.52. The van der Waals surface area contributed by atoms with E-state index in [9.17, 15) is 15.0 Å². The quantitative estimate of drug-likeness (QED) is 0.497. The third kappa shape index (κ3) is 2.60. The van der Waals surface area contributed by atoms with Gasteiger partial charge in [-0.05, 0) is 30.4 Å². The Labute approximate surface area is 118 Å². The Balaban J connectivity index is 2.53. The van der Waals surface area contributed by atoms with Gasteiger partial charge in [-0.3, -0.25) is 9.78 Å². The fourth-order valence-electron chi connectivity index (χ4n) is 1.60. The molecule has 2 rings (SSSR count). The highest BCUT2D eigenvalue weighted by Gasteiger charge is 2.06. The lowest BCUT2D eigenvalue weighted by Crippen LogP contribution is -2.13. The first-order valence-corrected chi connectivity index (χ1v) is 5.89. The molecule has 1 heterocycles. The van der Waals surface area contributed by atoms with E-state index in [1.807, 2.05) is 0 Å². The van der Waals surface area contributed by atoms with Crippen LogP contribution in [0.3, 0.4) is 0 Å². The Morgan fingerprint density at radius 3 is 2.70 bits per heavy atom. The van der Waals surface area contributed by atoms with E-state index in [4.69, 9.17) is 17.5 Å². The summed E-state index contributed by atoms with van der Waals surface area (Å²) in [6.45, 7) is 0. The number of aromatic hydroxyl groups is 2. The summed E-state index contributed by atoms with van der Waals surface area (Å²) >= 11 is 4.83. The third-order valence-electron chi connectivity index (χ3n) is 2.56. The number of hydrogen-bond donors (Lipinski definition) is 4. The van der Waals surface area contributed by atoms with Gasteiger partial charge in [-0.2, -0.15) is 5.26 Å². The molecule has 0 radical (unpaired) electrons. The van der Waals surface area contributed by atoms with Crippen molar-refractivity contribution in [2.75, 3.05) is 0 Å². The van der Waals surface area contributed by atoms with Gasteiger partial charge in [0.15, 0.2) is 16.3 Å². The van der Waals surface area contributed by atoms with Gasteiger partial charge >= 0.3 is 0 Å². The summed E-state index contributed by atoms with van der Waals surface area (Å²) in [6, 6.07) is 6.23. The molecule has 0 bridgehead atoms. The fraction of sp³-hybridized carbons (Fsp3) is 0. The number of para-hydroxylation sites is 1. The Bertz CT molecular complexity index is 843. The minimum atomic E-state index is -0.587. The maximum Gasteiger partial charge on any atom is 0.270 e. The van der Waals surface area contributed by atoms with E-state index >= 15 is 0 Å². The number of nitriles is 1. The van der Waals surface area contributed by atoms with Crippen molar-refractivity contribution in [1.29, 1.82) is 5.26 Å². The Kier molecular flexibility index (Phi) is 3.68. The summed E-state index contributed by atoms with van der Waals surface area (Å²) in [5.74, 6) is -0.544. The topological polar surface area (TPSA) is 113 Å². The number of H-pyrrole nitrogens is 2. The van der Waals surface area contributed by atoms with Crippen LogP contribution >= 0.6 is 12.2 Å². The zero-order chi connectivity index (χ0) is 14.7. The predicted molar refractivity (Wildman–Crippen MR) is 75.7 cm³/mol. The molecule has 0 atom stereocenters. The normalized spacial score (nSPS) is 10.6. The molecule has 7 heteroatoms. The highest BCUT2D eigenvalue weighted by Crippen LogP contribution is 2.29. The lowest BCUT2D eigenvalue weighted by atomic mass is 10.1. The van der Waals surface area contributed by atoms with Crippen molar-refractivity contribution in [1.82, 2.24) is 9.97 Å². The van der Waals surface area contributed by atoms with Crippen LogP contribution in [0.5, 0.6) is 11.5 Å². The zero-order valence-electron chi connectivity index (χ0n) is 10.0. The Morgan fingerprint density at radius 1 is 1.25 bits per heavy atom. The Hall–Kier alpha value is -2.85. The average molecular weight is 287 g/mol. The van der Waals surface area contributed by atoms with Crippen LogP contribution in [0.1, 0.15) is 16.8 Å². The van der Waals surface area contributed by atoms with Gasteiger partial charge in [0.25, 0.3) is 5.56 Å². The van der Waals surface area contributed by atoms with E-state index in [1.54, 1.807) is 18.2 Å². The van der Waals surface area contributed by atoms with Crippen LogP contribution in [-0.2, 0) is 0 Å². The van der Waals surface area contributed by atoms with E-state index in [0.29, 0.717) is 5.56 Å². The van der Waals surface area contributed by atoms with E-state index in [-0.39, 0.29) is 27.5 Å². The number of rotatable bonds is 2. The molecular formula is C13H9N3O3S. The van der Waals surface area contributed by atoms with Crippen LogP contribution in [0.15, 0.2) is 23.0 Å². The van der Waals surface area contributed by atoms with Crippen LogP contribution in [0, 0.1) is 16.1 Å². The molecule has 0 unspecified atom stereocenters. The highest BCUT2D eigenvalue weighted by atomic mass is 32.1. The number of nitrogens with zero attached hydrogens (tertiary/aromatic N) is 1. The van der Waals surface area contributed by atoms with Crippen molar-refractivity contribution < 1.29 is 10.2 Å². The number of aromatic nitrogens is 2. The molecule has 0 saturated heterocycles. The van der Waals surface area contributed by atoms with Crippen LogP contribution in [0.2, 0.25) is 0 Å². The molecule has 0 aliphatic rings. The summed E-state index contributed by atoms with van der Waals surface area (Å²) < 4.78 is 0.0915. The lowest BCUT2D eigenvalue weighted by molar-refractivity contribution is 0.403. The van der Waals surface area contributed by atoms with Crippen molar-refractivity contribution in [3.8, 4) is 17.6 Å². The number of benzene rings is 1. The van der Waals surface area contributed by atoms with Gasteiger partial charge in [-0.1, -0.05) is 12.1 Å². The molecule has 0 spiro atoms. The molecule has 0 aliphatic heterocycles.